The maximum Gasteiger partial charge on any atom is 3.00 e. The Morgan fingerprint density at radius 2 is 0.276 bits per heavy atom. The molecule has 0 rings (SSSR count). The molecule has 0 saturated heterocycles. The van der Waals surface area contributed by atoms with Gasteiger partial charge in [-0.1, -0.05) is 0 Å². The van der Waals surface area contributed by atoms with Crippen molar-refractivity contribution in [2.75, 3.05) is 0 Å². The van der Waals surface area contributed by atoms with E-state index in [1.807, 2.05) is 0 Å². The summed E-state index contributed by atoms with van der Waals surface area (Å²) < 4.78 is 51.1. The van der Waals surface area contributed by atoms with Crippen molar-refractivity contribution >= 4 is 159 Å². The standard InChI is InChI=1S/2Al.3Mg.6O3Si/c;;;;;6*1-4(2)3/q2*+3;3*+2;6*-2. The second kappa shape index (κ2) is 63.0. The Balaban J connectivity index is -0.0000000144. The Labute approximate surface area is 240 Å². The van der Waals surface area contributed by atoms with E-state index in [9.17, 15) is 0 Å². The maximum atomic E-state index is 8.52. The van der Waals surface area contributed by atoms with Gasteiger partial charge in [-0.2, -0.15) is 0 Å². The molecule has 0 aromatic heterocycles. The summed E-state index contributed by atoms with van der Waals surface area (Å²) >= 11 is 0. The zero-order valence-electron chi connectivity index (χ0n) is 13.6. The van der Waals surface area contributed by atoms with E-state index < -0.39 is 55.0 Å². The van der Waals surface area contributed by atoms with E-state index in [2.05, 4.69) is 0 Å². The van der Waals surface area contributed by atoms with Gasteiger partial charge in [0.2, 0.25) is 0 Å². The van der Waals surface area contributed by atoms with Gasteiger partial charge in [0.15, 0.2) is 0 Å². The average Bonchev–Trinajstić information content (AvgIpc) is 2.08. The fraction of sp³-hybridized carbons (Fsp3) is 0. The normalized spacial score (nSPS) is 4.97. The predicted molar refractivity (Wildman–Crippen MR) is 67.4 cm³/mol. The third kappa shape index (κ3) is 18800. The molecule has 0 radical (unpaired) electrons. The van der Waals surface area contributed by atoms with Crippen LogP contribution in [0.5, 0.6) is 0 Å². The molecular formula is Al2Mg3O18Si6. The third-order valence-electron chi connectivity index (χ3n) is 0. The van der Waals surface area contributed by atoms with Crippen LogP contribution in [-0.2, 0) is 26.8 Å². The molecule has 0 spiro atoms. The first-order chi connectivity index (χ1) is 10.4. The van der Waals surface area contributed by atoms with Gasteiger partial charge in [-0.15, -0.1) is 0 Å². The number of rotatable bonds is 0. The van der Waals surface area contributed by atoms with Crippen molar-refractivity contribution in [2.24, 2.45) is 0 Å². The van der Waals surface area contributed by atoms with E-state index in [1.165, 1.54) is 0 Å². The van der Waals surface area contributed by atoms with Gasteiger partial charge in [0.25, 0.3) is 0 Å². The van der Waals surface area contributed by atoms with Crippen molar-refractivity contribution in [1.29, 1.82) is 0 Å². The predicted octanol–water partition coefficient (Wildman–Crippen LogP) is -19.2. The quantitative estimate of drug-likeness (QED) is 0.239. The molecule has 18 nitrogen and oxygen atoms in total. The largest absolute Gasteiger partial charge is 3.00 e. The van der Waals surface area contributed by atoms with E-state index in [-0.39, 0.29) is 104 Å². The average molecular weight is 583 g/mol. The second-order valence-corrected chi connectivity index (χ2v) is 4.50. The maximum absolute atomic E-state index is 8.52. The van der Waals surface area contributed by atoms with Crippen molar-refractivity contribution < 1.29 is 84.3 Å². The van der Waals surface area contributed by atoms with Crippen molar-refractivity contribution in [1.82, 2.24) is 0 Å². The monoisotopic (exact) mass is 582 g/mol. The van der Waals surface area contributed by atoms with Crippen LogP contribution in [0, 0.1) is 0 Å². The Kier molecular flexibility index (Phi) is 152. The van der Waals surface area contributed by atoms with E-state index in [0.717, 1.165) is 0 Å². The topological polar surface area (TPSA) is 379 Å². The van der Waals surface area contributed by atoms with Crippen molar-refractivity contribution in [2.45, 2.75) is 0 Å². The van der Waals surface area contributed by atoms with Gasteiger partial charge < -0.3 is 84.3 Å². The zero-order valence-corrected chi connectivity index (χ0v) is 26.2. The molecule has 0 fully saturated rings. The number of hydrogen-bond donors (Lipinski definition) is 0. The molecule has 0 unspecified atom stereocenters. The Morgan fingerprint density at radius 3 is 0.276 bits per heavy atom. The number of hydrogen-bond acceptors (Lipinski definition) is 18. The summed E-state index contributed by atoms with van der Waals surface area (Å²) in [7, 11) is -21.8. The van der Waals surface area contributed by atoms with Gasteiger partial charge in [0, 0.05) is 55.0 Å². The van der Waals surface area contributed by atoms with Crippen molar-refractivity contribution in [3.05, 3.63) is 0 Å². The van der Waals surface area contributed by atoms with Crippen LogP contribution in [0.3, 0.4) is 0 Å². The van der Waals surface area contributed by atoms with Crippen LogP contribution in [-0.4, -0.2) is 159 Å². The molecule has 144 valence electrons. The summed E-state index contributed by atoms with van der Waals surface area (Å²) in [5.41, 5.74) is 0. The van der Waals surface area contributed by atoms with Gasteiger partial charge >= 0.3 is 104 Å². The van der Waals surface area contributed by atoms with Crippen LogP contribution in [0.4, 0.5) is 0 Å². The van der Waals surface area contributed by atoms with E-state index in [0.29, 0.717) is 0 Å². The van der Waals surface area contributed by atoms with Gasteiger partial charge in [0.1, 0.15) is 0 Å². The molecule has 0 atom stereocenters. The van der Waals surface area contributed by atoms with Crippen LogP contribution in [0.25, 0.3) is 0 Å². The summed E-state index contributed by atoms with van der Waals surface area (Å²) in [6.45, 7) is 0. The summed E-state index contributed by atoms with van der Waals surface area (Å²) in [6, 6.07) is 0. The van der Waals surface area contributed by atoms with Gasteiger partial charge in [-0.05, 0) is 0 Å². The molecule has 0 heterocycles. The summed E-state index contributed by atoms with van der Waals surface area (Å²) in [5.74, 6) is 0. The minimum Gasteiger partial charge on any atom is -0.672 e. The summed E-state index contributed by atoms with van der Waals surface area (Å²) in [6.07, 6.45) is 0. The first-order valence-electron chi connectivity index (χ1n) is 3.67. The van der Waals surface area contributed by atoms with Crippen molar-refractivity contribution in [3.63, 3.8) is 0 Å². The van der Waals surface area contributed by atoms with Gasteiger partial charge in [-0.3, -0.25) is 0 Å². The molecule has 0 N–H and O–H groups in total. The first kappa shape index (κ1) is 69.9. The van der Waals surface area contributed by atoms with E-state index >= 15 is 0 Å². The fourth-order valence-corrected chi connectivity index (χ4v) is 0. The van der Waals surface area contributed by atoms with E-state index in [4.69, 9.17) is 84.3 Å². The van der Waals surface area contributed by atoms with Gasteiger partial charge in [-0.25, -0.2) is 0 Å². The van der Waals surface area contributed by atoms with E-state index in [1.54, 1.807) is 0 Å². The zero-order chi connectivity index (χ0) is 21.5. The Morgan fingerprint density at radius 1 is 0.276 bits per heavy atom. The molecule has 0 saturated carbocycles. The molecule has 0 bridgehead atoms. The van der Waals surface area contributed by atoms with Crippen LogP contribution < -0.4 is 57.5 Å². The SMILES string of the molecule is O=[Si]([O-])[O-].O=[Si]([O-])[O-].O=[Si]([O-])[O-].O=[Si]([O-])[O-].O=[Si]([O-])[O-].O=[Si]([O-])[O-].[Al+3].[Al+3].[Mg+2].[Mg+2].[Mg+2]. The molecule has 0 amide bonds. The smallest absolute Gasteiger partial charge is 0.672 e. The summed E-state index contributed by atoms with van der Waals surface area (Å²) in [5, 5.41) is 0. The molecule has 0 aromatic carbocycles. The van der Waals surface area contributed by atoms with Gasteiger partial charge in [0.05, 0.1) is 0 Å². The Hall–Kier alpha value is 1.06. The van der Waals surface area contributed by atoms with Crippen LogP contribution in [0.15, 0.2) is 0 Å². The van der Waals surface area contributed by atoms with Crippen LogP contribution >= 0.6 is 0 Å². The molecular weight excluding hydrogens is 583 g/mol. The van der Waals surface area contributed by atoms with Crippen molar-refractivity contribution in [3.8, 4) is 0 Å². The third-order valence-corrected chi connectivity index (χ3v) is 0. The minimum absolute atomic E-state index is 0. The van der Waals surface area contributed by atoms with Crippen LogP contribution in [0.2, 0.25) is 0 Å². The Bertz CT molecular complexity index is 275. The fourth-order valence-electron chi connectivity index (χ4n) is 0. The molecule has 0 aliphatic heterocycles. The molecule has 0 aliphatic rings. The molecule has 29 heavy (non-hydrogen) atoms. The molecule has 0 aliphatic carbocycles. The second-order valence-electron chi connectivity index (χ2n) is 1.50. The minimum atomic E-state index is -3.63. The molecule has 0 aromatic rings. The summed E-state index contributed by atoms with van der Waals surface area (Å²) in [4.78, 5) is 102. The molecule has 29 heteroatoms. The first-order valence-corrected chi connectivity index (χ1v) is 11.0. The van der Waals surface area contributed by atoms with Crippen LogP contribution in [0.1, 0.15) is 0 Å².